The van der Waals surface area contributed by atoms with Crippen LogP contribution in [0.25, 0.3) is 12.3 Å². The summed E-state index contributed by atoms with van der Waals surface area (Å²) in [4.78, 5) is 9.70. The minimum absolute atomic E-state index is 0. The molecule has 0 unspecified atom stereocenters. The number of nitrogens with two attached hydrogens (primary N) is 2. The van der Waals surface area contributed by atoms with Crippen LogP contribution in [0.15, 0.2) is 0 Å². The van der Waals surface area contributed by atoms with Crippen LogP contribution in [0.5, 0.6) is 0 Å². The van der Waals surface area contributed by atoms with Crippen molar-refractivity contribution in [2.75, 3.05) is 0 Å². The van der Waals surface area contributed by atoms with Gasteiger partial charge in [0.2, 0.25) is 0 Å². The Bertz CT molecular complexity index is 96.6. The molecular formula is C6H16AgN2O2-2. The van der Waals surface area contributed by atoms with Crippen molar-refractivity contribution in [1.29, 1.82) is 0 Å². The molecule has 0 aromatic rings. The van der Waals surface area contributed by atoms with Gasteiger partial charge in [-0.2, -0.15) is 0 Å². The van der Waals surface area contributed by atoms with Crippen LogP contribution in [0.4, 0.5) is 0 Å². The predicted octanol–water partition coefficient (Wildman–Crippen LogP) is 2.52. The first-order valence-electron chi connectivity index (χ1n) is 2.62. The number of carboxylic acid groups (broad SMARTS) is 1. The van der Waals surface area contributed by atoms with Gasteiger partial charge in [0.15, 0.2) is 0 Å². The minimum atomic E-state index is -0.741. The number of hydrogen-bond donors (Lipinski definition) is 1. The van der Waals surface area contributed by atoms with Crippen molar-refractivity contribution in [2.24, 2.45) is 5.92 Å². The van der Waals surface area contributed by atoms with Crippen molar-refractivity contribution in [3.05, 3.63) is 12.3 Å². The van der Waals surface area contributed by atoms with Gasteiger partial charge in [-0.25, -0.2) is 0 Å². The van der Waals surface area contributed by atoms with Crippen LogP contribution in [0, 0.1) is 5.92 Å². The van der Waals surface area contributed by atoms with Gasteiger partial charge in [0.1, 0.15) is 0 Å². The van der Waals surface area contributed by atoms with E-state index in [1.54, 1.807) is 13.8 Å². The maximum Gasteiger partial charge on any atom is -0.693 e. The van der Waals surface area contributed by atoms with Gasteiger partial charge in [0.25, 0.3) is 0 Å². The van der Waals surface area contributed by atoms with E-state index in [-0.39, 0.29) is 18.2 Å². The summed E-state index contributed by atoms with van der Waals surface area (Å²) < 4.78 is 1.81. The van der Waals surface area contributed by atoms with Crippen molar-refractivity contribution >= 4 is 10.2 Å². The number of carboxylic acids is 1. The maximum absolute atomic E-state index is 9.70. The van der Waals surface area contributed by atoms with E-state index in [2.05, 4.69) is 20.6 Å². The fourth-order valence-corrected chi connectivity index (χ4v) is 0. The monoisotopic (exact) mass is 255 g/mol. The zero-order valence-electron chi connectivity index (χ0n) is 6.97. The standard InChI is InChI=1S/C4H8O2.C2H4.Ag.2H2N/c1-3(2)4(5)6;1-2;;;/h3H,1-2H3,(H,5,6);1H,2H3;;2*1H2/q;;;2*-1. The quantitative estimate of drug-likeness (QED) is 0.728. The Hall–Kier alpha value is 0.000260. The van der Waals surface area contributed by atoms with E-state index in [4.69, 9.17) is 5.11 Å². The molecule has 75 valence electrons. The number of rotatable bonds is 1. The Morgan fingerprint density at radius 3 is 1.55 bits per heavy atom. The van der Waals surface area contributed by atoms with Gasteiger partial charge in [0.05, 0.1) is 5.92 Å². The Morgan fingerprint density at radius 1 is 1.45 bits per heavy atom. The van der Waals surface area contributed by atoms with E-state index in [9.17, 15) is 4.79 Å². The van der Waals surface area contributed by atoms with Crippen LogP contribution in [0.1, 0.15) is 20.8 Å². The van der Waals surface area contributed by atoms with Crippen molar-refractivity contribution in [1.82, 2.24) is 0 Å². The third-order valence-corrected chi connectivity index (χ3v) is 0.494. The number of hydrogen-bond acceptors (Lipinski definition) is 1. The molecule has 0 aliphatic carbocycles. The first kappa shape index (κ1) is 22.4. The normalized spacial score (nSPS) is 6.36. The average Bonchev–Trinajstić information content (AvgIpc) is 1.68. The molecule has 0 aromatic heterocycles. The summed E-state index contributed by atoms with van der Waals surface area (Å²) >= 11 is 3.03. The zero-order valence-corrected chi connectivity index (χ0v) is 8.45. The Balaban J connectivity index is -0.0000000437. The SMILES string of the molecule is CC(C)C(=O)O.C[CH]=[Ag].[NH2-].[NH2-]. The van der Waals surface area contributed by atoms with Crippen LogP contribution < -0.4 is 0 Å². The molecule has 0 bridgehead atoms. The molecule has 0 atom stereocenters. The van der Waals surface area contributed by atoms with Gasteiger partial charge in [0, 0.05) is 0 Å². The third-order valence-electron chi connectivity index (χ3n) is 0.494. The molecule has 0 heterocycles. The van der Waals surface area contributed by atoms with Crippen LogP contribution >= 0.6 is 0 Å². The molecule has 0 spiro atoms. The number of aliphatic carboxylic acids is 1. The molecule has 0 fully saturated rings. The summed E-state index contributed by atoms with van der Waals surface area (Å²) in [5.41, 5.74) is 0. The largest absolute Gasteiger partial charge is 0.693 e. The van der Waals surface area contributed by atoms with E-state index in [1.807, 2.05) is 11.1 Å². The van der Waals surface area contributed by atoms with E-state index >= 15 is 0 Å². The van der Waals surface area contributed by atoms with Gasteiger partial charge in [-0.15, -0.1) is 0 Å². The fourth-order valence-electron chi connectivity index (χ4n) is 0. The van der Waals surface area contributed by atoms with E-state index in [0.29, 0.717) is 0 Å². The molecular weight excluding hydrogens is 240 g/mol. The topological polar surface area (TPSA) is 104 Å². The zero-order chi connectivity index (χ0) is 7.86. The molecule has 5 N–H and O–H groups in total. The number of carbonyl (C=O) groups is 1. The molecule has 0 saturated carbocycles. The smallest absolute Gasteiger partial charge is 0.693 e. The first-order valence-corrected chi connectivity index (χ1v) is 3.48. The van der Waals surface area contributed by atoms with Crippen LogP contribution in [0.3, 0.4) is 0 Å². The molecule has 5 heteroatoms. The van der Waals surface area contributed by atoms with Gasteiger partial charge in [-0.05, 0) is 0 Å². The van der Waals surface area contributed by atoms with E-state index in [0.717, 1.165) is 0 Å². The molecule has 0 aliphatic rings. The van der Waals surface area contributed by atoms with Crippen LogP contribution in [-0.4, -0.2) is 15.3 Å². The van der Waals surface area contributed by atoms with Gasteiger partial charge < -0.3 is 17.4 Å². The molecule has 0 rings (SSSR count). The molecule has 11 heavy (non-hydrogen) atoms. The summed E-state index contributed by atoms with van der Waals surface area (Å²) in [5.74, 6) is -0.972. The van der Waals surface area contributed by atoms with E-state index < -0.39 is 5.97 Å². The molecule has 0 saturated heterocycles. The summed E-state index contributed by atoms with van der Waals surface area (Å²) in [7, 11) is 0. The maximum atomic E-state index is 9.70. The summed E-state index contributed by atoms with van der Waals surface area (Å²) in [6.07, 6.45) is 0. The Labute approximate surface area is 80.0 Å². The summed E-state index contributed by atoms with van der Waals surface area (Å²) in [6, 6.07) is 0. The second-order valence-corrected chi connectivity index (χ2v) is 2.52. The molecule has 0 aliphatic heterocycles. The molecule has 0 amide bonds. The first-order chi connectivity index (χ1) is 4.06. The summed E-state index contributed by atoms with van der Waals surface area (Å²) in [6.45, 7) is 5.20. The van der Waals surface area contributed by atoms with Crippen molar-refractivity contribution in [3.8, 4) is 0 Å². The van der Waals surface area contributed by atoms with Crippen molar-refractivity contribution in [2.45, 2.75) is 20.8 Å². The Kier molecular flexibility index (Phi) is 33.7. The van der Waals surface area contributed by atoms with Crippen molar-refractivity contribution < 1.29 is 30.5 Å². The summed E-state index contributed by atoms with van der Waals surface area (Å²) in [5, 5.41) is 7.99. The van der Waals surface area contributed by atoms with Gasteiger partial charge in [-0.1, -0.05) is 13.8 Å². The van der Waals surface area contributed by atoms with Gasteiger partial charge >= 0.3 is 37.7 Å². The second-order valence-electron chi connectivity index (χ2n) is 1.67. The van der Waals surface area contributed by atoms with Gasteiger partial charge in [-0.3, -0.25) is 4.79 Å². The predicted molar refractivity (Wildman–Crippen MR) is 44.8 cm³/mol. The second kappa shape index (κ2) is 16.5. The van der Waals surface area contributed by atoms with Crippen molar-refractivity contribution in [3.63, 3.8) is 0 Å². The molecule has 0 aromatic carbocycles. The van der Waals surface area contributed by atoms with E-state index in [1.165, 1.54) is 0 Å². The third kappa shape index (κ3) is 40.0. The molecule has 4 nitrogen and oxygen atoms in total. The average molecular weight is 256 g/mol. The fraction of sp³-hybridized carbons (Fsp3) is 0.667. The van der Waals surface area contributed by atoms with Crippen LogP contribution in [-0.2, 0) is 25.4 Å². The molecule has 0 radical (unpaired) electrons. The van der Waals surface area contributed by atoms with Crippen LogP contribution in [0.2, 0.25) is 0 Å². The minimum Gasteiger partial charge on any atom is -0.693 e. The Morgan fingerprint density at radius 2 is 1.55 bits per heavy atom.